The molecular formula is C25H31N3O4S. The van der Waals surface area contributed by atoms with Gasteiger partial charge in [-0.25, -0.2) is 13.6 Å². The summed E-state index contributed by atoms with van der Waals surface area (Å²) in [5.41, 5.74) is 2.20. The molecule has 0 aromatic heterocycles. The van der Waals surface area contributed by atoms with Crippen LogP contribution in [-0.2, 0) is 16.6 Å². The van der Waals surface area contributed by atoms with E-state index in [0.29, 0.717) is 31.1 Å². The molecule has 0 saturated heterocycles. The van der Waals surface area contributed by atoms with Crippen LogP contribution < -0.4 is 25.2 Å². The van der Waals surface area contributed by atoms with Crippen molar-refractivity contribution in [1.29, 1.82) is 0 Å². The number of nitrogens with two attached hydrogens (primary N) is 1. The van der Waals surface area contributed by atoms with Gasteiger partial charge in [-0.2, -0.15) is 0 Å². The highest BCUT2D eigenvalue weighted by atomic mass is 32.2. The fourth-order valence-electron chi connectivity index (χ4n) is 3.28. The lowest BCUT2D eigenvalue weighted by molar-refractivity contribution is 0.340. The minimum atomic E-state index is -4.04. The molecule has 8 heteroatoms. The molecule has 0 spiro atoms. The largest absolute Gasteiger partial charge is 0.494 e. The molecule has 0 radical (unpaired) electrons. The second-order valence-electron chi connectivity index (χ2n) is 7.53. The van der Waals surface area contributed by atoms with Gasteiger partial charge in [-0.05, 0) is 55.3 Å². The number of hydrogen-bond acceptors (Lipinski definition) is 6. The minimum Gasteiger partial charge on any atom is -0.494 e. The Morgan fingerprint density at radius 3 is 2.36 bits per heavy atom. The van der Waals surface area contributed by atoms with Crippen molar-refractivity contribution in [2.75, 3.05) is 23.8 Å². The smallest absolute Gasteiger partial charge is 0.241 e. The second kappa shape index (κ2) is 11.6. The number of rotatable bonds is 12. The van der Waals surface area contributed by atoms with Crippen LogP contribution in [0.25, 0.3) is 0 Å². The zero-order chi connectivity index (χ0) is 23.7. The number of hydrogen-bond donors (Lipinski definition) is 3. The van der Waals surface area contributed by atoms with Crippen molar-refractivity contribution in [3.63, 3.8) is 0 Å². The van der Waals surface area contributed by atoms with Crippen molar-refractivity contribution < 1.29 is 17.9 Å². The first kappa shape index (κ1) is 24.4. The summed E-state index contributed by atoms with van der Waals surface area (Å²) in [6.45, 7) is 5.68. The summed E-state index contributed by atoms with van der Waals surface area (Å²) in [6.07, 6.45) is 1.93. The van der Waals surface area contributed by atoms with E-state index >= 15 is 0 Å². The van der Waals surface area contributed by atoms with E-state index in [2.05, 4.69) is 17.6 Å². The van der Waals surface area contributed by atoms with Gasteiger partial charge in [0.2, 0.25) is 10.0 Å². The zero-order valence-corrected chi connectivity index (χ0v) is 19.8. The average Bonchev–Trinajstić information content (AvgIpc) is 2.79. The topological polar surface area (TPSA) is 103 Å². The number of primary sulfonamides is 1. The zero-order valence-electron chi connectivity index (χ0n) is 19.0. The van der Waals surface area contributed by atoms with Gasteiger partial charge in [0.05, 0.1) is 12.3 Å². The quantitative estimate of drug-likeness (QED) is 0.309. The molecule has 0 amide bonds. The summed E-state index contributed by atoms with van der Waals surface area (Å²) in [5.74, 6) is 1.49. The summed E-state index contributed by atoms with van der Waals surface area (Å²) in [4.78, 5) is -0.0623. The Labute approximate surface area is 196 Å². The van der Waals surface area contributed by atoms with Crippen LogP contribution in [0.3, 0.4) is 0 Å². The Kier molecular flexibility index (Phi) is 8.57. The third-order valence-electron chi connectivity index (χ3n) is 4.87. The van der Waals surface area contributed by atoms with Crippen molar-refractivity contribution in [3.05, 3.63) is 72.3 Å². The van der Waals surface area contributed by atoms with Gasteiger partial charge < -0.3 is 20.1 Å². The SMILES string of the molecule is CCCCNc1cc(CNc2cccc(OCC)c2)cc(S(N)(=O)=O)c1Oc1ccccc1. The van der Waals surface area contributed by atoms with Crippen LogP contribution in [0.2, 0.25) is 0 Å². The average molecular weight is 470 g/mol. The number of nitrogens with one attached hydrogen (secondary N) is 2. The van der Waals surface area contributed by atoms with E-state index in [1.165, 1.54) is 0 Å². The van der Waals surface area contributed by atoms with Crippen molar-refractivity contribution >= 4 is 21.4 Å². The maximum atomic E-state index is 12.5. The van der Waals surface area contributed by atoms with Gasteiger partial charge >= 0.3 is 0 Å². The predicted octanol–water partition coefficient (Wildman–Crippen LogP) is 5.35. The first-order chi connectivity index (χ1) is 15.9. The highest BCUT2D eigenvalue weighted by molar-refractivity contribution is 7.89. The molecule has 33 heavy (non-hydrogen) atoms. The normalized spacial score (nSPS) is 11.1. The van der Waals surface area contributed by atoms with Crippen LogP contribution in [0.15, 0.2) is 71.6 Å². The Morgan fingerprint density at radius 2 is 1.67 bits per heavy atom. The Hall–Kier alpha value is -3.23. The molecule has 3 rings (SSSR count). The van der Waals surface area contributed by atoms with Gasteiger partial charge in [-0.15, -0.1) is 0 Å². The fourth-order valence-corrected chi connectivity index (χ4v) is 4.01. The van der Waals surface area contributed by atoms with Gasteiger partial charge in [0.15, 0.2) is 5.75 Å². The standard InChI is InChI=1S/C25H31N3O4S/c1-3-5-14-27-23-15-19(18-28-20-10-9-13-22(17-20)31-4-2)16-24(33(26,29)30)25(23)32-21-11-7-6-8-12-21/h6-13,15-17,27-28H,3-5,14,18H2,1-2H3,(H2,26,29,30). The minimum absolute atomic E-state index is 0.0623. The van der Waals surface area contributed by atoms with Crippen LogP contribution in [0, 0.1) is 0 Å². The number of ether oxygens (including phenoxy) is 2. The highest BCUT2D eigenvalue weighted by Gasteiger charge is 2.21. The molecular weight excluding hydrogens is 438 g/mol. The summed E-state index contributed by atoms with van der Waals surface area (Å²) < 4.78 is 36.6. The van der Waals surface area contributed by atoms with Crippen LogP contribution in [0.5, 0.6) is 17.2 Å². The van der Waals surface area contributed by atoms with Gasteiger partial charge in [0.25, 0.3) is 0 Å². The molecule has 3 aromatic rings. The van der Waals surface area contributed by atoms with Crippen LogP contribution in [-0.4, -0.2) is 21.6 Å². The number of para-hydroxylation sites is 1. The van der Waals surface area contributed by atoms with E-state index in [9.17, 15) is 8.42 Å². The number of unbranched alkanes of at least 4 members (excludes halogenated alkanes) is 1. The van der Waals surface area contributed by atoms with E-state index in [1.54, 1.807) is 18.2 Å². The summed E-state index contributed by atoms with van der Waals surface area (Å²) in [6, 6.07) is 20.1. The second-order valence-corrected chi connectivity index (χ2v) is 9.06. The van der Waals surface area contributed by atoms with Crippen molar-refractivity contribution in [3.8, 4) is 17.2 Å². The summed E-state index contributed by atoms with van der Waals surface area (Å²) >= 11 is 0. The number of sulfonamides is 1. The molecule has 3 aromatic carbocycles. The molecule has 0 heterocycles. The van der Waals surface area contributed by atoms with Gasteiger partial charge in [-0.1, -0.05) is 37.6 Å². The predicted molar refractivity (Wildman–Crippen MR) is 133 cm³/mol. The molecule has 176 valence electrons. The molecule has 0 aliphatic heterocycles. The van der Waals surface area contributed by atoms with Crippen molar-refractivity contribution in [1.82, 2.24) is 0 Å². The van der Waals surface area contributed by atoms with Crippen molar-refractivity contribution in [2.24, 2.45) is 5.14 Å². The maximum absolute atomic E-state index is 12.5. The highest BCUT2D eigenvalue weighted by Crippen LogP contribution is 2.37. The van der Waals surface area contributed by atoms with E-state index in [4.69, 9.17) is 14.6 Å². The molecule has 0 saturated carbocycles. The van der Waals surface area contributed by atoms with Gasteiger partial charge in [0.1, 0.15) is 16.4 Å². The molecule has 0 atom stereocenters. The van der Waals surface area contributed by atoms with Gasteiger partial charge in [0, 0.05) is 24.8 Å². The molecule has 4 N–H and O–H groups in total. The maximum Gasteiger partial charge on any atom is 0.241 e. The Balaban J connectivity index is 1.95. The molecule has 0 unspecified atom stereocenters. The lowest BCUT2D eigenvalue weighted by Gasteiger charge is -2.18. The molecule has 0 aliphatic carbocycles. The van der Waals surface area contributed by atoms with Crippen LogP contribution >= 0.6 is 0 Å². The lowest BCUT2D eigenvalue weighted by Crippen LogP contribution is -2.16. The molecule has 0 bridgehead atoms. The Bertz CT molecular complexity index is 1150. The molecule has 7 nitrogen and oxygen atoms in total. The summed E-state index contributed by atoms with van der Waals surface area (Å²) in [5, 5.41) is 12.2. The van der Waals surface area contributed by atoms with E-state index < -0.39 is 10.0 Å². The third-order valence-corrected chi connectivity index (χ3v) is 5.79. The molecule has 0 aliphatic rings. The van der Waals surface area contributed by atoms with Crippen LogP contribution in [0.4, 0.5) is 11.4 Å². The third kappa shape index (κ3) is 7.13. The number of benzene rings is 3. The van der Waals surface area contributed by atoms with Crippen molar-refractivity contribution in [2.45, 2.75) is 38.1 Å². The molecule has 0 fully saturated rings. The monoisotopic (exact) mass is 469 g/mol. The van der Waals surface area contributed by atoms with E-state index in [-0.39, 0.29) is 10.6 Å². The Morgan fingerprint density at radius 1 is 0.909 bits per heavy atom. The van der Waals surface area contributed by atoms with E-state index in [1.807, 2.05) is 55.5 Å². The first-order valence-corrected chi connectivity index (χ1v) is 12.6. The fraction of sp³-hybridized carbons (Fsp3) is 0.280. The number of anilines is 2. The van der Waals surface area contributed by atoms with Gasteiger partial charge in [-0.3, -0.25) is 0 Å². The lowest BCUT2D eigenvalue weighted by atomic mass is 10.1. The van der Waals surface area contributed by atoms with E-state index in [0.717, 1.165) is 29.8 Å². The van der Waals surface area contributed by atoms with Crippen LogP contribution in [0.1, 0.15) is 32.3 Å². The summed E-state index contributed by atoms with van der Waals surface area (Å²) in [7, 11) is -4.04. The first-order valence-electron chi connectivity index (χ1n) is 11.0.